The smallest absolute Gasteiger partial charge is 0.0480 e. The minimum Gasteiger partial charge on any atom is -0.381 e. The predicted octanol–water partition coefficient (Wildman–Crippen LogP) is 1.54. The summed E-state index contributed by atoms with van der Waals surface area (Å²) in [6, 6.07) is 0.330. The van der Waals surface area contributed by atoms with Gasteiger partial charge in [0.05, 0.1) is 0 Å². The Morgan fingerprint density at radius 3 is 2.50 bits per heavy atom. The van der Waals surface area contributed by atoms with Gasteiger partial charge in [0.15, 0.2) is 0 Å². The molecule has 0 rings (SSSR count). The first-order chi connectivity index (χ1) is 4.81. The number of hydrogen-bond donors (Lipinski definition) is 1. The maximum atomic E-state index is 5.68. The molecule has 0 saturated heterocycles. The van der Waals surface area contributed by atoms with Crippen molar-refractivity contribution in [3.8, 4) is 0 Å². The van der Waals surface area contributed by atoms with E-state index in [2.05, 4.69) is 13.8 Å². The van der Waals surface area contributed by atoms with Crippen LogP contribution in [0.25, 0.3) is 0 Å². The van der Waals surface area contributed by atoms with Crippen molar-refractivity contribution < 1.29 is 4.74 Å². The third-order valence-electron chi connectivity index (χ3n) is 1.51. The first kappa shape index (κ1) is 9.92. The minimum absolute atomic E-state index is 0.330. The molecule has 2 heteroatoms. The molecule has 0 aromatic rings. The summed E-state index contributed by atoms with van der Waals surface area (Å²) in [4.78, 5) is 0. The van der Waals surface area contributed by atoms with E-state index in [1.165, 1.54) is 0 Å². The SMILES string of the molecule is CCCOCCC(N)CC. The zero-order valence-corrected chi connectivity index (χ0v) is 7.10. The highest BCUT2D eigenvalue weighted by Crippen LogP contribution is 1.93. The van der Waals surface area contributed by atoms with E-state index >= 15 is 0 Å². The monoisotopic (exact) mass is 145 g/mol. The molecule has 2 N–H and O–H groups in total. The van der Waals surface area contributed by atoms with Crippen LogP contribution in [0.15, 0.2) is 0 Å². The molecule has 0 aliphatic rings. The first-order valence-electron chi connectivity index (χ1n) is 4.14. The van der Waals surface area contributed by atoms with Crippen molar-refractivity contribution in [2.24, 2.45) is 5.73 Å². The van der Waals surface area contributed by atoms with Crippen molar-refractivity contribution in [2.45, 2.75) is 39.2 Å². The van der Waals surface area contributed by atoms with Crippen LogP contribution in [0.1, 0.15) is 33.1 Å². The summed E-state index contributed by atoms with van der Waals surface area (Å²) < 4.78 is 5.28. The van der Waals surface area contributed by atoms with E-state index in [1.807, 2.05) is 0 Å². The van der Waals surface area contributed by atoms with Crippen LogP contribution in [0.2, 0.25) is 0 Å². The molecule has 0 fully saturated rings. The normalized spacial score (nSPS) is 13.5. The Morgan fingerprint density at radius 2 is 2.00 bits per heavy atom. The fourth-order valence-electron chi connectivity index (χ4n) is 0.685. The van der Waals surface area contributed by atoms with Gasteiger partial charge in [0.1, 0.15) is 0 Å². The molecule has 0 bridgehead atoms. The molecule has 62 valence electrons. The number of rotatable bonds is 6. The lowest BCUT2D eigenvalue weighted by Gasteiger charge is -2.07. The minimum atomic E-state index is 0.330. The van der Waals surface area contributed by atoms with Gasteiger partial charge < -0.3 is 10.5 Å². The van der Waals surface area contributed by atoms with Crippen LogP contribution < -0.4 is 5.73 Å². The Kier molecular flexibility index (Phi) is 6.98. The average Bonchev–Trinajstić information content (AvgIpc) is 1.98. The molecule has 0 radical (unpaired) electrons. The summed E-state index contributed by atoms with van der Waals surface area (Å²) in [5.41, 5.74) is 5.68. The van der Waals surface area contributed by atoms with Crippen molar-refractivity contribution in [3.63, 3.8) is 0 Å². The van der Waals surface area contributed by atoms with Crippen molar-refractivity contribution in [1.29, 1.82) is 0 Å². The molecular formula is C8H19NO. The van der Waals surface area contributed by atoms with E-state index in [-0.39, 0.29) is 0 Å². The van der Waals surface area contributed by atoms with Gasteiger partial charge >= 0.3 is 0 Å². The summed E-state index contributed by atoms with van der Waals surface area (Å²) in [5, 5.41) is 0. The third-order valence-corrected chi connectivity index (χ3v) is 1.51. The third kappa shape index (κ3) is 6.05. The second-order valence-corrected chi connectivity index (χ2v) is 2.57. The molecular weight excluding hydrogens is 126 g/mol. The quantitative estimate of drug-likeness (QED) is 0.575. The molecule has 2 nitrogen and oxygen atoms in total. The summed E-state index contributed by atoms with van der Waals surface area (Å²) >= 11 is 0. The molecule has 1 unspecified atom stereocenters. The highest BCUT2D eigenvalue weighted by atomic mass is 16.5. The molecule has 0 aliphatic carbocycles. The van der Waals surface area contributed by atoms with Gasteiger partial charge in [-0.1, -0.05) is 13.8 Å². The lowest BCUT2D eigenvalue weighted by molar-refractivity contribution is 0.127. The van der Waals surface area contributed by atoms with Crippen molar-refractivity contribution in [1.82, 2.24) is 0 Å². The molecule has 0 heterocycles. The van der Waals surface area contributed by atoms with Gasteiger partial charge in [0.2, 0.25) is 0 Å². The standard InChI is InChI=1S/C8H19NO/c1-3-6-10-7-5-8(9)4-2/h8H,3-7,9H2,1-2H3. The highest BCUT2D eigenvalue weighted by molar-refractivity contribution is 4.56. The molecule has 0 spiro atoms. The van der Waals surface area contributed by atoms with Gasteiger partial charge in [0.25, 0.3) is 0 Å². The van der Waals surface area contributed by atoms with E-state index in [0.717, 1.165) is 32.5 Å². The Hall–Kier alpha value is -0.0800. The van der Waals surface area contributed by atoms with Crippen LogP contribution in [0.5, 0.6) is 0 Å². The number of ether oxygens (including phenoxy) is 1. The number of nitrogens with two attached hydrogens (primary N) is 1. The Labute approximate surface area is 63.7 Å². The van der Waals surface area contributed by atoms with Crippen molar-refractivity contribution in [2.75, 3.05) is 13.2 Å². The van der Waals surface area contributed by atoms with Gasteiger partial charge in [-0.25, -0.2) is 0 Å². The molecule has 0 aromatic heterocycles. The van der Waals surface area contributed by atoms with Gasteiger partial charge in [-0.2, -0.15) is 0 Å². The van der Waals surface area contributed by atoms with Crippen molar-refractivity contribution >= 4 is 0 Å². The van der Waals surface area contributed by atoms with E-state index in [0.29, 0.717) is 6.04 Å². The molecule has 0 aliphatic heterocycles. The van der Waals surface area contributed by atoms with Gasteiger partial charge in [-0.3, -0.25) is 0 Å². The summed E-state index contributed by atoms with van der Waals surface area (Å²) in [5.74, 6) is 0. The Balaban J connectivity index is 2.89. The Morgan fingerprint density at radius 1 is 1.30 bits per heavy atom. The second-order valence-electron chi connectivity index (χ2n) is 2.57. The Bertz CT molecular complexity index is 66.3. The maximum absolute atomic E-state index is 5.68. The van der Waals surface area contributed by atoms with E-state index in [1.54, 1.807) is 0 Å². The van der Waals surface area contributed by atoms with Crippen molar-refractivity contribution in [3.05, 3.63) is 0 Å². The van der Waals surface area contributed by atoms with E-state index in [4.69, 9.17) is 10.5 Å². The fourth-order valence-corrected chi connectivity index (χ4v) is 0.685. The van der Waals surface area contributed by atoms with Crippen LogP contribution in [0.4, 0.5) is 0 Å². The van der Waals surface area contributed by atoms with Gasteiger partial charge in [-0.15, -0.1) is 0 Å². The van der Waals surface area contributed by atoms with Crippen LogP contribution >= 0.6 is 0 Å². The van der Waals surface area contributed by atoms with Crippen LogP contribution in [0, 0.1) is 0 Å². The predicted molar refractivity (Wildman–Crippen MR) is 44.0 cm³/mol. The maximum Gasteiger partial charge on any atom is 0.0480 e. The van der Waals surface area contributed by atoms with E-state index in [9.17, 15) is 0 Å². The molecule has 10 heavy (non-hydrogen) atoms. The largest absolute Gasteiger partial charge is 0.381 e. The second kappa shape index (κ2) is 7.03. The average molecular weight is 145 g/mol. The first-order valence-corrected chi connectivity index (χ1v) is 4.14. The molecule has 0 aromatic carbocycles. The topological polar surface area (TPSA) is 35.2 Å². The summed E-state index contributed by atoms with van der Waals surface area (Å²) in [6.07, 6.45) is 3.15. The van der Waals surface area contributed by atoms with Crippen LogP contribution in [0.3, 0.4) is 0 Å². The van der Waals surface area contributed by atoms with E-state index < -0.39 is 0 Å². The lowest BCUT2D eigenvalue weighted by Crippen LogP contribution is -2.20. The van der Waals surface area contributed by atoms with Gasteiger partial charge in [-0.05, 0) is 19.3 Å². The summed E-state index contributed by atoms with van der Waals surface area (Å²) in [6.45, 7) is 5.91. The van der Waals surface area contributed by atoms with Gasteiger partial charge in [0, 0.05) is 19.3 Å². The van der Waals surface area contributed by atoms with Crippen LogP contribution in [-0.4, -0.2) is 19.3 Å². The number of hydrogen-bond acceptors (Lipinski definition) is 2. The fraction of sp³-hybridized carbons (Fsp3) is 1.00. The molecule has 1 atom stereocenters. The highest BCUT2D eigenvalue weighted by Gasteiger charge is 1.96. The molecule has 0 amide bonds. The molecule has 0 saturated carbocycles. The zero-order valence-electron chi connectivity index (χ0n) is 7.10. The summed E-state index contributed by atoms with van der Waals surface area (Å²) in [7, 11) is 0. The zero-order chi connectivity index (χ0) is 7.82. The lowest BCUT2D eigenvalue weighted by atomic mass is 10.2. The van der Waals surface area contributed by atoms with Crippen LogP contribution in [-0.2, 0) is 4.74 Å².